The lowest BCUT2D eigenvalue weighted by molar-refractivity contribution is 0.0951. The Morgan fingerprint density at radius 2 is 1.88 bits per heavy atom. The number of rotatable bonds is 6. The smallest absolute Gasteiger partial charge is 0.252 e. The highest BCUT2D eigenvalue weighted by molar-refractivity contribution is 6.29. The van der Waals surface area contributed by atoms with E-state index < -0.39 is 0 Å². The van der Waals surface area contributed by atoms with Crippen LogP contribution in [0.3, 0.4) is 0 Å². The number of hydrogen-bond donors (Lipinski definition) is 1. The number of nitrogens with one attached hydrogen (secondary N) is 1. The minimum Gasteiger partial charge on any atom is -0.352 e. The summed E-state index contributed by atoms with van der Waals surface area (Å²) in [6, 6.07) is 5.12. The molecule has 1 aliphatic heterocycles. The van der Waals surface area contributed by atoms with Gasteiger partial charge < -0.3 is 10.2 Å². The first-order valence-electron chi connectivity index (χ1n) is 8.36. The second-order valence-corrected chi connectivity index (χ2v) is 6.24. The largest absolute Gasteiger partial charge is 0.352 e. The van der Waals surface area contributed by atoms with E-state index in [0.717, 1.165) is 45.1 Å². The van der Waals surface area contributed by atoms with Crippen LogP contribution in [0.25, 0.3) is 0 Å². The molecule has 1 amide bonds. The maximum atomic E-state index is 12.0. The Bertz CT molecular complexity index is 673. The SMILES string of the molecule is O=C(NCCCN1CCN(c2ncccn2)CC1)c1ccc(Cl)nc1. The van der Waals surface area contributed by atoms with Crippen LogP contribution in [0.1, 0.15) is 16.8 Å². The van der Waals surface area contributed by atoms with Crippen LogP contribution < -0.4 is 10.2 Å². The van der Waals surface area contributed by atoms with Gasteiger partial charge in [0.25, 0.3) is 5.91 Å². The molecule has 0 unspecified atom stereocenters. The maximum Gasteiger partial charge on any atom is 0.252 e. The first kappa shape index (κ1) is 17.6. The van der Waals surface area contributed by atoms with Crippen molar-refractivity contribution >= 4 is 23.5 Å². The van der Waals surface area contributed by atoms with Crippen molar-refractivity contribution in [1.29, 1.82) is 0 Å². The van der Waals surface area contributed by atoms with Crippen LogP contribution in [0.4, 0.5) is 5.95 Å². The first-order chi connectivity index (χ1) is 12.2. The van der Waals surface area contributed by atoms with Crippen LogP contribution in [0, 0.1) is 0 Å². The molecule has 1 saturated heterocycles. The summed E-state index contributed by atoms with van der Waals surface area (Å²) in [6.07, 6.45) is 5.94. The third kappa shape index (κ3) is 5.11. The van der Waals surface area contributed by atoms with E-state index >= 15 is 0 Å². The predicted octanol–water partition coefficient (Wildman–Crippen LogP) is 1.47. The van der Waals surface area contributed by atoms with Crippen molar-refractivity contribution in [3.05, 3.63) is 47.5 Å². The summed E-state index contributed by atoms with van der Waals surface area (Å²) in [7, 11) is 0. The Balaban J connectivity index is 1.34. The molecule has 25 heavy (non-hydrogen) atoms. The van der Waals surface area contributed by atoms with Crippen LogP contribution in [-0.2, 0) is 0 Å². The molecule has 2 aromatic rings. The summed E-state index contributed by atoms with van der Waals surface area (Å²) in [4.78, 5) is 29.1. The number of carbonyl (C=O) groups is 1. The molecule has 0 radical (unpaired) electrons. The molecule has 0 saturated carbocycles. The fraction of sp³-hybridized carbons (Fsp3) is 0.412. The molecular weight excluding hydrogens is 340 g/mol. The third-order valence-corrected chi connectivity index (χ3v) is 4.36. The molecule has 3 heterocycles. The van der Waals surface area contributed by atoms with E-state index in [-0.39, 0.29) is 5.91 Å². The number of carbonyl (C=O) groups excluding carboxylic acids is 1. The van der Waals surface area contributed by atoms with E-state index in [9.17, 15) is 4.79 Å². The standard InChI is InChI=1S/C17H21ClN6O/c18-15-4-3-14(13-22-15)16(25)19-7-2-8-23-9-11-24(12-10-23)17-20-5-1-6-21-17/h1,3-6,13H,2,7-12H2,(H,19,25). The number of nitrogens with zero attached hydrogens (tertiary/aromatic N) is 5. The molecule has 0 aromatic carbocycles. The van der Waals surface area contributed by atoms with E-state index in [1.54, 1.807) is 24.5 Å². The summed E-state index contributed by atoms with van der Waals surface area (Å²) >= 11 is 5.72. The number of pyridine rings is 1. The Morgan fingerprint density at radius 1 is 1.12 bits per heavy atom. The van der Waals surface area contributed by atoms with Crippen LogP contribution in [-0.4, -0.2) is 65.0 Å². The highest BCUT2D eigenvalue weighted by Crippen LogP contribution is 2.09. The van der Waals surface area contributed by atoms with Crippen LogP contribution in [0.15, 0.2) is 36.8 Å². The predicted molar refractivity (Wildman–Crippen MR) is 96.9 cm³/mol. The molecule has 0 bridgehead atoms. The fourth-order valence-corrected chi connectivity index (χ4v) is 2.85. The first-order valence-corrected chi connectivity index (χ1v) is 8.74. The molecule has 0 spiro atoms. The van der Waals surface area contributed by atoms with Gasteiger partial charge in [0, 0.05) is 51.3 Å². The molecule has 8 heteroatoms. The average Bonchev–Trinajstić information content (AvgIpc) is 2.67. The van der Waals surface area contributed by atoms with Crippen molar-refractivity contribution in [2.24, 2.45) is 0 Å². The Hall–Kier alpha value is -2.25. The molecule has 1 N–H and O–H groups in total. The molecule has 132 valence electrons. The molecule has 0 atom stereocenters. The van der Waals surface area contributed by atoms with Gasteiger partial charge in [-0.05, 0) is 31.2 Å². The number of anilines is 1. The van der Waals surface area contributed by atoms with E-state index in [0.29, 0.717) is 17.3 Å². The summed E-state index contributed by atoms with van der Waals surface area (Å²) in [5.74, 6) is 0.682. The minimum atomic E-state index is -0.116. The molecular formula is C17H21ClN6O. The molecule has 1 aliphatic rings. The van der Waals surface area contributed by atoms with Gasteiger partial charge in [-0.1, -0.05) is 11.6 Å². The van der Waals surface area contributed by atoms with Crippen LogP contribution in [0.2, 0.25) is 5.15 Å². The lowest BCUT2D eigenvalue weighted by Crippen LogP contribution is -2.47. The van der Waals surface area contributed by atoms with Gasteiger partial charge in [-0.2, -0.15) is 0 Å². The minimum absolute atomic E-state index is 0.116. The fourth-order valence-electron chi connectivity index (χ4n) is 2.74. The zero-order valence-electron chi connectivity index (χ0n) is 13.9. The van der Waals surface area contributed by atoms with Crippen molar-refractivity contribution in [3.8, 4) is 0 Å². The quantitative estimate of drug-likeness (QED) is 0.621. The number of aromatic nitrogens is 3. The molecule has 0 aliphatic carbocycles. The lowest BCUT2D eigenvalue weighted by atomic mass is 10.2. The Morgan fingerprint density at radius 3 is 2.56 bits per heavy atom. The van der Waals surface area contributed by atoms with Crippen LogP contribution >= 0.6 is 11.6 Å². The van der Waals surface area contributed by atoms with E-state index in [1.165, 1.54) is 6.20 Å². The number of halogens is 1. The van der Waals surface area contributed by atoms with Crippen molar-refractivity contribution in [3.63, 3.8) is 0 Å². The zero-order chi connectivity index (χ0) is 17.5. The van der Waals surface area contributed by atoms with E-state index in [2.05, 4.69) is 30.1 Å². The maximum absolute atomic E-state index is 12.0. The Labute approximate surface area is 152 Å². The lowest BCUT2D eigenvalue weighted by Gasteiger charge is -2.34. The number of piperazine rings is 1. The highest BCUT2D eigenvalue weighted by atomic mass is 35.5. The summed E-state index contributed by atoms with van der Waals surface area (Å²) in [6.45, 7) is 5.41. The summed E-state index contributed by atoms with van der Waals surface area (Å²) in [5.41, 5.74) is 0.529. The van der Waals surface area contributed by atoms with Gasteiger partial charge >= 0.3 is 0 Å². The Kier molecular flexibility index (Phi) is 6.14. The molecule has 7 nitrogen and oxygen atoms in total. The summed E-state index contributed by atoms with van der Waals surface area (Å²) < 4.78 is 0. The monoisotopic (exact) mass is 360 g/mol. The molecule has 3 rings (SSSR count). The van der Waals surface area contributed by atoms with Gasteiger partial charge in [0.05, 0.1) is 5.56 Å². The van der Waals surface area contributed by atoms with Crippen molar-refractivity contribution in [1.82, 2.24) is 25.2 Å². The van der Waals surface area contributed by atoms with Gasteiger partial charge in [-0.15, -0.1) is 0 Å². The second-order valence-electron chi connectivity index (χ2n) is 5.86. The second kappa shape index (κ2) is 8.73. The van der Waals surface area contributed by atoms with Crippen molar-refractivity contribution < 1.29 is 4.79 Å². The van der Waals surface area contributed by atoms with Gasteiger partial charge in [0.1, 0.15) is 5.15 Å². The van der Waals surface area contributed by atoms with Gasteiger partial charge in [0.2, 0.25) is 5.95 Å². The topological polar surface area (TPSA) is 74.2 Å². The third-order valence-electron chi connectivity index (χ3n) is 4.13. The molecule has 1 fully saturated rings. The summed E-state index contributed by atoms with van der Waals surface area (Å²) in [5, 5.41) is 3.30. The average molecular weight is 361 g/mol. The van der Waals surface area contributed by atoms with Gasteiger partial charge in [-0.25, -0.2) is 15.0 Å². The highest BCUT2D eigenvalue weighted by Gasteiger charge is 2.18. The van der Waals surface area contributed by atoms with Gasteiger partial charge in [-0.3, -0.25) is 9.69 Å². The van der Waals surface area contributed by atoms with Gasteiger partial charge in [0.15, 0.2) is 0 Å². The van der Waals surface area contributed by atoms with E-state index in [4.69, 9.17) is 11.6 Å². The zero-order valence-corrected chi connectivity index (χ0v) is 14.7. The van der Waals surface area contributed by atoms with Crippen molar-refractivity contribution in [2.75, 3.05) is 44.2 Å². The molecule has 2 aromatic heterocycles. The number of amides is 1. The van der Waals surface area contributed by atoms with Crippen LogP contribution in [0.5, 0.6) is 0 Å². The van der Waals surface area contributed by atoms with E-state index in [1.807, 2.05) is 6.07 Å². The van der Waals surface area contributed by atoms with Crippen molar-refractivity contribution in [2.45, 2.75) is 6.42 Å². The number of hydrogen-bond acceptors (Lipinski definition) is 6. The normalized spacial score (nSPS) is 15.2.